The van der Waals surface area contributed by atoms with Gasteiger partial charge < -0.3 is 5.73 Å². The van der Waals surface area contributed by atoms with Crippen molar-refractivity contribution in [2.24, 2.45) is 5.73 Å². The summed E-state index contributed by atoms with van der Waals surface area (Å²) in [5, 5.41) is 8.64. The second-order valence-electron chi connectivity index (χ2n) is 3.56. The summed E-state index contributed by atoms with van der Waals surface area (Å²) in [4.78, 5) is 12.3. The zero-order valence-corrected chi connectivity index (χ0v) is 8.90. The second-order valence-corrected chi connectivity index (χ2v) is 3.56. The highest BCUT2D eigenvalue weighted by Crippen LogP contribution is 2.10. The first-order valence-electron chi connectivity index (χ1n) is 4.68. The molecule has 1 amide bonds. The highest BCUT2D eigenvalue weighted by Gasteiger charge is 2.06. The van der Waals surface area contributed by atoms with Crippen molar-refractivity contribution in [1.29, 1.82) is 5.26 Å². The van der Waals surface area contributed by atoms with Crippen LogP contribution in [0, 0.1) is 17.1 Å². The average Bonchev–Trinajstić information content (AvgIpc) is 2.19. The van der Waals surface area contributed by atoms with Gasteiger partial charge in [0, 0.05) is 6.54 Å². The molecule has 1 aromatic carbocycles. The van der Waals surface area contributed by atoms with Gasteiger partial charge in [-0.2, -0.15) is 5.26 Å². The van der Waals surface area contributed by atoms with Gasteiger partial charge in [0.2, 0.25) is 5.91 Å². The minimum atomic E-state index is -0.538. The number of carbonyl (C=O) groups excluding carboxylic acids is 1. The molecule has 5 heteroatoms. The lowest BCUT2D eigenvalue weighted by Gasteiger charge is -2.14. The van der Waals surface area contributed by atoms with Crippen LogP contribution >= 0.6 is 0 Å². The largest absolute Gasteiger partial charge is 0.369 e. The Balaban J connectivity index is 2.75. The summed E-state index contributed by atoms with van der Waals surface area (Å²) in [7, 11) is 1.72. The highest BCUT2D eigenvalue weighted by atomic mass is 19.1. The Morgan fingerprint density at radius 2 is 2.31 bits per heavy atom. The molecule has 0 saturated carbocycles. The maximum atomic E-state index is 13.0. The molecule has 0 aliphatic heterocycles. The van der Waals surface area contributed by atoms with Gasteiger partial charge in [-0.05, 0) is 24.7 Å². The predicted molar refractivity (Wildman–Crippen MR) is 56.6 cm³/mol. The molecule has 0 bridgehead atoms. The third-order valence-electron chi connectivity index (χ3n) is 2.03. The van der Waals surface area contributed by atoms with E-state index in [4.69, 9.17) is 11.0 Å². The molecule has 0 aliphatic rings. The van der Waals surface area contributed by atoms with Crippen LogP contribution in [0.25, 0.3) is 0 Å². The van der Waals surface area contributed by atoms with E-state index in [2.05, 4.69) is 0 Å². The summed E-state index contributed by atoms with van der Waals surface area (Å²) >= 11 is 0. The van der Waals surface area contributed by atoms with Crippen LogP contribution in [0.2, 0.25) is 0 Å². The van der Waals surface area contributed by atoms with E-state index in [1.54, 1.807) is 24.1 Å². The maximum Gasteiger partial charge on any atom is 0.231 e. The number of halogens is 1. The van der Waals surface area contributed by atoms with E-state index in [1.165, 1.54) is 12.1 Å². The van der Waals surface area contributed by atoms with Gasteiger partial charge >= 0.3 is 0 Å². The van der Waals surface area contributed by atoms with Crippen molar-refractivity contribution < 1.29 is 9.18 Å². The average molecular weight is 221 g/mol. The number of amides is 1. The third kappa shape index (κ3) is 3.33. The molecule has 0 fully saturated rings. The minimum Gasteiger partial charge on any atom is -0.369 e. The Hall–Kier alpha value is -1.93. The van der Waals surface area contributed by atoms with Gasteiger partial charge in [0.15, 0.2) is 0 Å². The zero-order valence-electron chi connectivity index (χ0n) is 8.90. The van der Waals surface area contributed by atoms with Gasteiger partial charge in [0.25, 0.3) is 0 Å². The molecule has 0 aliphatic carbocycles. The Bertz CT molecular complexity index is 439. The molecule has 0 spiro atoms. The number of carbonyl (C=O) groups is 1. The van der Waals surface area contributed by atoms with Gasteiger partial charge in [0.1, 0.15) is 11.9 Å². The van der Waals surface area contributed by atoms with Gasteiger partial charge in [-0.1, -0.05) is 6.07 Å². The Morgan fingerprint density at radius 3 is 2.88 bits per heavy atom. The molecule has 16 heavy (non-hydrogen) atoms. The van der Waals surface area contributed by atoms with Crippen molar-refractivity contribution in [3.63, 3.8) is 0 Å². The lowest BCUT2D eigenvalue weighted by molar-refractivity contribution is -0.118. The molecule has 0 unspecified atom stereocenters. The molecule has 2 N–H and O–H groups in total. The fraction of sp³-hybridized carbons (Fsp3) is 0.273. The van der Waals surface area contributed by atoms with Crippen LogP contribution < -0.4 is 5.73 Å². The van der Waals surface area contributed by atoms with Crippen molar-refractivity contribution in [3.05, 3.63) is 35.1 Å². The van der Waals surface area contributed by atoms with Crippen LogP contribution in [0.15, 0.2) is 18.2 Å². The van der Waals surface area contributed by atoms with Crippen LogP contribution in [0.1, 0.15) is 11.1 Å². The Kier molecular flexibility index (Phi) is 3.97. The molecule has 84 valence electrons. The quantitative estimate of drug-likeness (QED) is 0.810. The van der Waals surface area contributed by atoms with E-state index in [0.717, 1.165) is 5.56 Å². The van der Waals surface area contributed by atoms with Gasteiger partial charge in [-0.25, -0.2) is 4.39 Å². The summed E-state index contributed by atoms with van der Waals surface area (Å²) in [6.45, 7) is 0.567. The van der Waals surface area contributed by atoms with E-state index < -0.39 is 11.7 Å². The lowest BCUT2D eigenvalue weighted by atomic mass is 10.1. The Labute approximate surface area is 93.1 Å². The molecule has 0 atom stereocenters. The summed E-state index contributed by atoms with van der Waals surface area (Å²) in [6, 6.07) is 6.05. The van der Waals surface area contributed by atoms with Crippen molar-refractivity contribution in [2.75, 3.05) is 13.6 Å². The molecule has 4 nitrogen and oxygen atoms in total. The number of primary amides is 1. The number of rotatable bonds is 4. The molecule has 0 radical (unpaired) electrons. The zero-order chi connectivity index (χ0) is 12.1. The second kappa shape index (κ2) is 5.24. The van der Waals surface area contributed by atoms with Crippen molar-refractivity contribution in [3.8, 4) is 6.07 Å². The molecule has 0 heterocycles. The van der Waals surface area contributed by atoms with Gasteiger partial charge in [-0.3, -0.25) is 9.69 Å². The number of nitrogens with zero attached hydrogens (tertiary/aromatic N) is 2. The normalized spacial score (nSPS) is 10.1. The van der Waals surface area contributed by atoms with E-state index in [9.17, 15) is 9.18 Å². The number of nitriles is 1. The van der Waals surface area contributed by atoms with Crippen LogP contribution in [0.3, 0.4) is 0 Å². The first-order valence-corrected chi connectivity index (χ1v) is 4.68. The van der Waals surface area contributed by atoms with Crippen LogP contribution in [0.4, 0.5) is 4.39 Å². The van der Waals surface area contributed by atoms with Crippen molar-refractivity contribution in [1.82, 2.24) is 4.90 Å². The number of benzene rings is 1. The molecule has 1 aromatic rings. The van der Waals surface area contributed by atoms with Gasteiger partial charge in [0.05, 0.1) is 12.1 Å². The SMILES string of the molecule is CN(CC(N)=O)Cc1ccc(F)c(C#N)c1. The fourth-order valence-corrected chi connectivity index (χ4v) is 1.39. The predicted octanol–water partition coefficient (Wildman–Crippen LogP) is 0.614. The minimum absolute atomic E-state index is 0.00461. The first kappa shape index (κ1) is 12.1. The van der Waals surface area contributed by atoms with E-state index in [1.807, 2.05) is 0 Å². The number of hydrogen-bond acceptors (Lipinski definition) is 3. The van der Waals surface area contributed by atoms with Crippen LogP contribution in [-0.4, -0.2) is 24.4 Å². The van der Waals surface area contributed by atoms with E-state index in [0.29, 0.717) is 6.54 Å². The molecule has 0 aromatic heterocycles. The summed E-state index contributed by atoms with van der Waals surface area (Å²) < 4.78 is 13.0. The highest BCUT2D eigenvalue weighted by molar-refractivity contribution is 5.75. The topological polar surface area (TPSA) is 70.1 Å². The Morgan fingerprint density at radius 1 is 1.62 bits per heavy atom. The number of nitrogens with two attached hydrogens (primary N) is 1. The fourth-order valence-electron chi connectivity index (χ4n) is 1.39. The monoisotopic (exact) mass is 221 g/mol. The standard InChI is InChI=1S/C11H12FN3O/c1-15(7-11(14)16)6-8-2-3-10(12)9(4-8)5-13/h2-4H,6-7H2,1H3,(H2,14,16). The summed E-state index contributed by atoms with van der Waals surface area (Å²) in [6.07, 6.45) is 0. The van der Waals surface area contributed by atoms with Crippen molar-refractivity contribution in [2.45, 2.75) is 6.54 Å². The maximum absolute atomic E-state index is 13.0. The smallest absolute Gasteiger partial charge is 0.231 e. The van der Waals surface area contributed by atoms with E-state index >= 15 is 0 Å². The van der Waals surface area contributed by atoms with E-state index in [-0.39, 0.29) is 12.1 Å². The molecule has 1 rings (SSSR count). The molecular weight excluding hydrogens is 209 g/mol. The molecular formula is C11H12FN3O. The van der Waals surface area contributed by atoms with Crippen LogP contribution in [-0.2, 0) is 11.3 Å². The summed E-state index contributed by atoms with van der Waals surface area (Å²) in [5.41, 5.74) is 5.80. The first-order chi connectivity index (χ1) is 7.52. The van der Waals surface area contributed by atoms with Crippen LogP contribution in [0.5, 0.6) is 0 Å². The summed E-state index contributed by atoms with van der Waals surface area (Å²) in [5.74, 6) is -0.964. The molecule has 0 saturated heterocycles. The lowest BCUT2D eigenvalue weighted by Crippen LogP contribution is -2.30. The third-order valence-corrected chi connectivity index (χ3v) is 2.03. The number of likely N-dealkylation sites (N-methyl/N-ethyl adjacent to an activating group) is 1. The van der Waals surface area contributed by atoms with Crippen molar-refractivity contribution >= 4 is 5.91 Å². The van der Waals surface area contributed by atoms with Gasteiger partial charge in [-0.15, -0.1) is 0 Å². The number of hydrogen-bond donors (Lipinski definition) is 1.